The Kier molecular flexibility index (Phi) is 4.14. The fraction of sp³-hybridized carbons (Fsp3) is 0.438. The Morgan fingerprint density at radius 1 is 1.25 bits per heavy atom. The molecule has 0 aliphatic carbocycles. The molecule has 0 atom stereocenters. The highest BCUT2D eigenvalue weighted by Gasteiger charge is 2.17. The third-order valence-electron chi connectivity index (χ3n) is 3.62. The average Bonchev–Trinajstić information content (AvgIpc) is 2.85. The average molecular weight is 273 g/mol. The number of nitrogens with two attached hydrogens (primary N) is 1. The summed E-state index contributed by atoms with van der Waals surface area (Å²) in [5, 5.41) is 0. The monoisotopic (exact) mass is 273 g/mol. The maximum atomic E-state index is 5.85. The van der Waals surface area contributed by atoms with Gasteiger partial charge in [-0.1, -0.05) is 13.8 Å². The highest BCUT2D eigenvalue weighted by molar-refractivity contribution is 5.71. The number of rotatable bonds is 4. The summed E-state index contributed by atoms with van der Waals surface area (Å²) < 4.78 is 5.51. The van der Waals surface area contributed by atoms with Crippen molar-refractivity contribution in [1.29, 1.82) is 0 Å². The van der Waals surface area contributed by atoms with Crippen molar-refractivity contribution in [2.75, 3.05) is 7.11 Å². The molecule has 1 heterocycles. The third-order valence-corrected chi connectivity index (χ3v) is 3.62. The number of methoxy groups -OCH3 is 1. The van der Waals surface area contributed by atoms with E-state index in [2.05, 4.69) is 44.8 Å². The van der Waals surface area contributed by atoms with Gasteiger partial charge in [-0.15, -0.1) is 0 Å². The second-order valence-electron chi connectivity index (χ2n) is 5.44. The summed E-state index contributed by atoms with van der Waals surface area (Å²) in [6, 6.07) is 4.17. The first-order valence-electron chi connectivity index (χ1n) is 6.92. The number of benzene rings is 1. The number of aromatic amines is 1. The maximum absolute atomic E-state index is 5.85. The van der Waals surface area contributed by atoms with Crippen molar-refractivity contribution in [2.24, 2.45) is 5.73 Å². The highest BCUT2D eigenvalue weighted by atomic mass is 16.5. The number of nitrogens with one attached hydrogen (secondary N) is 1. The van der Waals surface area contributed by atoms with Gasteiger partial charge in [-0.05, 0) is 37.1 Å². The van der Waals surface area contributed by atoms with E-state index >= 15 is 0 Å². The molecule has 0 saturated carbocycles. The SMILES string of the molecule is COc1cc(C)c(C)cc1-c1nc(C(C)C)[nH]c1CN. The molecule has 0 bridgehead atoms. The molecule has 0 radical (unpaired) electrons. The molecule has 2 aromatic rings. The molecule has 108 valence electrons. The van der Waals surface area contributed by atoms with Crippen molar-refractivity contribution >= 4 is 0 Å². The number of H-pyrrole nitrogens is 1. The molecule has 4 nitrogen and oxygen atoms in total. The number of imidazole rings is 1. The number of aromatic nitrogens is 2. The van der Waals surface area contributed by atoms with Gasteiger partial charge < -0.3 is 15.5 Å². The Labute approximate surface area is 120 Å². The summed E-state index contributed by atoms with van der Waals surface area (Å²) in [7, 11) is 1.69. The van der Waals surface area contributed by atoms with Gasteiger partial charge in [-0.25, -0.2) is 4.98 Å². The van der Waals surface area contributed by atoms with Crippen LogP contribution >= 0.6 is 0 Å². The Balaban J connectivity index is 2.64. The minimum Gasteiger partial charge on any atom is -0.496 e. The number of hydrogen-bond donors (Lipinski definition) is 2. The lowest BCUT2D eigenvalue weighted by Crippen LogP contribution is -2.00. The predicted octanol–water partition coefficient (Wildman–Crippen LogP) is 3.28. The van der Waals surface area contributed by atoms with Crippen molar-refractivity contribution in [1.82, 2.24) is 9.97 Å². The largest absolute Gasteiger partial charge is 0.496 e. The lowest BCUT2D eigenvalue weighted by atomic mass is 10.0. The molecule has 0 aliphatic heterocycles. The Morgan fingerprint density at radius 3 is 2.45 bits per heavy atom. The predicted molar refractivity (Wildman–Crippen MR) is 82.0 cm³/mol. The van der Waals surface area contributed by atoms with Gasteiger partial charge in [0.2, 0.25) is 0 Å². The number of ether oxygens (including phenoxy) is 1. The molecule has 1 aromatic heterocycles. The molecule has 0 aliphatic rings. The molecule has 20 heavy (non-hydrogen) atoms. The van der Waals surface area contributed by atoms with Crippen molar-refractivity contribution in [3.63, 3.8) is 0 Å². The van der Waals surface area contributed by atoms with Gasteiger partial charge in [-0.3, -0.25) is 0 Å². The molecule has 4 heteroatoms. The molecular weight excluding hydrogens is 250 g/mol. The molecule has 0 spiro atoms. The van der Waals surface area contributed by atoms with Gasteiger partial charge in [0.05, 0.1) is 18.5 Å². The summed E-state index contributed by atoms with van der Waals surface area (Å²) in [6.07, 6.45) is 0. The van der Waals surface area contributed by atoms with E-state index < -0.39 is 0 Å². The Bertz CT molecular complexity index is 614. The van der Waals surface area contributed by atoms with Crippen LogP contribution in [0.5, 0.6) is 5.75 Å². The van der Waals surface area contributed by atoms with Gasteiger partial charge in [0.15, 0.2) is 0 Å². The number of hydrogen-bond acceptors (Lipinski definition) is 3. The quantitative estimate of drug-likeness (QED) is 0.898. The fourth-order valence-electron chi connectivity index (χ4n) is 2.22. The third kappa shape index (κ3) is 2.56. The van der Waals surface area contributed by atoms with E-state index in [9.17, 15) is 0 Å². The van der Waals surface area contributed by atoms with Gasteiger partial charge in [0.1, 0.15) is 11.6 Å². The van der Waals surface area contributed by atoms with Crippen LogP contribution in [0.25, 0.3) is 11.3 Å². The first kappa shape index (κ1) is 14.6. The Morgan fingerprint density at radius 2 is 1.90 bits per heavy atom. The molecule has 0 saturated heterocycles. The molecule has 0 fully saturated rings. The first-order valence-corrected chi connectivity index (χ1v) is 6.92. The van der Waals surface area contributed by atoms with Crippen molar-refractivity contribution in [3.05, 3.63) is 34.8 Å². The standard InChI is InChI=1S/C16H23N3O/c1-9(2)16-18-13(8-17)15(19-16)12-6-10(3)11(4)7-14(12)20-5/h6-7,9H,8,17H2,1-5H3,(H,18,19). The van der Waals surface area contributed by atoms with Crippen molar-refractivity contribution in [2.45, 2.75) is 40.2 Å². The normalized spacial score (nSPS) is 11.2. The van der Waals surface area contributed by atoms with Crippen LogP contribution in [-0.4, -0.2) is 17.1 Å². The van der Waals surface area contributed by atoms with Crippen LogP contribution in [0.15, 0.2) is 12.1 Å². The molecule has 0 unspecified atom stereocenters. The topological polar surface area (TPSA) is 63.9 Å². The smallest absolute Gasteiger partial charge is 0.128 e. The van der Waals surface area contributed by atoms with E-state index in [1.54, 1.807) is 7.11 Å². The summed E-state index contributed by atoms with van der Waals surface area (Å²) >= 11 is 0. The van der Waals surface area contributed by atoms with Gasteiger partial charge >= 0.3 is 0 Å². The number of nitrogens with zero attached hydrogens (tertiary/aromatic N) is 1. The molecule has 0 amide bonds. The van der Waals surface area contributed by atoms with E-state index in [1.807, 2.05) is 0 Å². The second kappa shape index (κ2) is 5.67. The van der Waals surface area contributed by atoms with Crippen molar-refractivity contribution in [3.8, 4) is 17.0 Å². The van der Waals surface area contributed by atoms with E-state index in [0.717, 1.165) is 28.5 Å². The van der Waals surface area contributed by atoms with Crippen LogP contribution in [0.3, 0.4) is 0 Å². The molecule has 1 aromatic carbocycles. The van der Waals surface area contributed by atoms with Crippen LogP contribution in [0, 0.1) is 13.8 Å². The zero-order chi connectivity index (χ0) is 14.9. The summed E-state index contributed by atoms with van der Waals surface area (Å²) in [5.41, 5.74) is 11.1. The zero-order valence-electron chi connectivity index (χ0n) is 12.9. The Hall–Kier alpha value is -1.81. The second-order valence-corrected chi connectivity index (χ2v) is 5.44. The fourth-order valence-corrected chi connectivity index (χ4v) is 2.22. The summed E-state index contributed by atoms with van der Waals surface area (Å²) in [5.74, 6) is 2.14. The zero-order valence-corrected chi connectivity index (χ0v) is 12.9. The van der Waals surface area contributed by atoms with E-state index in [1.165, 1.54) is 11.1 Å². The highest BCUT2D eigenvalue weighted by Crippen LogP contribution is 2.34. The summed E-state index contributed by atoms with van der Waals surface area (Å²) in [4.78, 5) is 8.04. The van der Waals surface area contributed by atoms with Crippen LogP contribution in [0.1, 0.15) is 42.4 Å². The lowest BCUT2D eigenvalue weighted by molar-refractivity contribution is 0.416. The number of aryl methyl sites for hydroxylation is 2. The molecule has 3 N–H and O–H groups in total. The minimum atomic E-state index is 0.339. The van der Waals surface area contributed by atoms with Gasteiger partial charge in [0.25, 0.3) is 0 Å². The van der Waals surface area contributed by atoms with Crippen LogP contribution in [-0.2, 0) is 6.54 Å². The lowest BCUT2D eigenvalue weighted by Gasteiger charge is -2.11. The van der Waals surface area contributed by atoms with E-state index in [4.69, 9.17) is 15.5 Å². The van der Waals surface area contributed by atoms with Crippen molar-refractivity contribution < 1.29 is 4.74 Å². The molecule has 2 rings (SSSR count). The van der Waals surface area contributed by atoms with Crippen LogP contribution in [0.4, 0.5) is 0 Å². The van der Waals surface area contributed by atoms with E-state index in [-0.39, 0.29) is 0 Å². The van der Waals surface area contributed by atoms with Crippen LogP contribution < -0.4 is 10.5 Å². The maximum Gasteiger partial charge on any atom is 0.128 e. The van der Waals surface area contributed by atoms with Gasteiger partial charge in [-0.2, -0.15) is 0 Å². The van der Waals surface area contributed by atoms with Gasteiger partial charge in [0, 0.05) is 18.0 Å². The minimum absolute atomic E-state index is 0.339. The first-order chi connectivity index (χ1) is 9.47. The molecular formula is C16H23N3O. The van der Waals surface area contributed by atoms with E-state index in [0.29, 0.717) is 12.5 Å². The van der Waals surface area contributed by atoms with Crippen LogP contribution in [0.2, 0.25) is 0 Å². The summed E-state index contributed by atoms with van der Waals surface area (Å²) in [6.45, 7) is 8.83.